The maximum absolute atomic E-state index is 4.66. The first-order chi connectivity index (χ1) is 41.1. The topological polar surface area (TPSA) is 142 Å². The molecule has 0 saturated heterocycles. The van der Waals surface area contributed by atoms with Gasteiger partial charge in [0, 0.05) is 50.2 Å². The van der Waals surface area contributed by atoms with E-state index in [0.717, 1.165) is 90.8 Å². The van der Waals surface area contributed by atoms with Gasteiger partial charge in [0.1, 0.15) is 17.5 Å². The normalized spacial score (nSPS) is 10.5. The van der Waals surface area contributed by atoms with Gasteiger partial charge in [0.25, 0.3) is 0 Å². The molecule has 11 heteroatoms. The number of aromatic nitrogens is 11. The molecule has 0 amide bonds. The lowest BCUT2D eigenvalue weighted by atomic mass is 10.0. The highest BCUT2D eigenvalue weighted by Gasteiger charge is 2.12. The predicted octanol–water partition coefficient (Wildman–Crippen LogP) is 16.9. The van der Waals surface area contributed by atoms with Gasteiger partial charge in [-0.3, -0.25) is 0 Å². The molecule has 0 unspecified atom stereocenters. The van der Waals surface area contributed by atoms with Crippen LogP contribution in [-0.2, 0) is 0 Å². The Morgan fingerprint density at radius 1 is 0.179 bits per heavy atom. The zero-order valence-corrected chi connectivity index (χ0v) is 47.7. The molecule has 0 fully saturated rings. The van der Waals surface area contributed by atoms with Crippen LogP contribution in [-0.4, -0.2) is 54.8 Å². The molecule has 0 aliphatic rings. The minimum Gasteiger partial charge on any atom is -0.233 e. The summed E-state index contributed by atoms with van der Waals surface area (Å²) in [6.45, 7) is 11.8. The lowest BCUT2D eigenvalue weighted by molar-refractivity contribution is 0.991. The second-order valence-electron chi connectivity index (χ2n) is 19.8. The van der Waals surface area contributed by atoms with Gasteiger partial charge in [0.15, 0.2) is 40.8 Å². The van der Waals surface area contributed by atoms with E-state index in [4.69, 9.17) is 0 Å². The molecule has 13 rings (SSSR count). The summed E-state index contributed by atoms with van der Waals surface area (Å²) >= 11 is 0. The van der Waals surface area contributed by atoms with Gasteiger partial charge in [-0.2, -0.15) is 0 Å². The van der Waals surface area contributed by atoms with Crippen molar-refractivity contribution in [2.45, 2.75) is 41.5 Å². The second-order valence-corrected chi connectivity index (χ2v) is 19.8. The fourth-order valence-corrected chi connectivity index (χ4v) is 8.87. The average molecular weight is 1090 g/mol. The monoisotopic (exact) mass is 1090 g/mol. The Morgan fingerprint density at radius 3 is 0.690 bits per heavy atom. The van der Waals surface area contributed by atoms with Crippen LogP contribution >= 0.6 is 0 Å². The smallest absolute Gasteiger partial charge is 0.163 e. The zero-order chi connectivity index (χ0) is 58.0. The summed E-state index contributed by atoms with van der Waals surface area (Å²) in [5.41, 5.74) is 15.0. The highest BCUT2D eigenvalue weighted by Crippen LogP contribution is 2.27. The van der Waals surface area contributed by atoms with Crippen molar-refractivity contribution in [1.29, 1.82) is 0 Å². The maximum atomic E-state index is 4.66. The first kappa shape index (κ1) is 56.4. The number of rotatable bonds is 9. The second kappa shape index (κ2) is 27.5. The summed E-state index contributed by atoms with van der Waals surface area (Å²) in [6.07, 6.45) is 0. The first-order valence-corrected chi connectivity index (χ1v) is 27.7. The molecule has 0 atom stereocenters. The molecular weight excluding hydrogens is 1030 g/mol. The van der Waals surface area contributed by atoms with Crippen molar-refractivity contribution >= 4 is 0 Å². The number of aryl methyl sites for hydroxylation is 6. The molecule has 84 heavy (non-hydrogen) atoms. The molecule has 13 aromatic rings. The van der Waals surface area contributed by atoms with E-state index in [0.29, 0.717) is 23.3 Å². The van der Waals surface area contributed by atoms with Crippen LogP contribution in [0.1, 0.15) is 34.3 Å². The maximum Gasteiger partial charge on any atom is 0.163 e. The van der Waals surface area contributed by atoms with E-state index in [1.807, 2.05) is 216 Å². The summed E-state index contributed by atoms with van der Waals surface area (Å²) in [7, 11) is 0. The quantitative estimate of drug-likeness (QED) is 0.136. The van der Waals surface area contributed by atoms with Gasteiger partial charge in [-0.05, 0) is 58.7 Å². The Balaban J connectivity index is 0.000000126. The van der Waals surface area contributed by atoms with Gasteiger partial charge in [-0.1, -0.05) is 266 Å². The molecule has 4 aromatic heterocycles. The van der Waals surface area contributed by atoms with E-state index in [2.05, 4.69) is 141 Å². The van der Waals surface area contributed by atoms with Crippen LogP contribution in [0.2, 0.25) is 0 Å². The van der Waals surface area contributed by atoms with Gasteiger partial charge in [0.05, 0.1) is 5.69 Å². The van der Waals surface area contributed by atoms with Crippen LogP contribution < -0.4 is 0 Å². The van der Waals surface area contributed by atoms with Gasteiger partial charge >= 0.3 is 0 Å². The molecule has 4 heterocycles. The van der Waals surface area contributed by atoms with Gasteiger partial charge in [-0.25, -0.2) is 54.8 Å². The predicted molar refractivity (Wildman–Crippen MR) is 339 cm³/mol. The molecule has 0 N–H and O–H groups in total. The van der Waals surface area contributed by atoms with E-state index in [1.165, 1.54) is 22.3 Å². The third-order valence-corrected chi connectivity index (χ3v) is 13.2. The Morgan fingerprint density at radius 2 is 0.393 bits per heavy atom. The molecule has 9 aromatic carbocycles. The Labute approximate surface area is 491 Å². The van der Waals surface area contributed by atoms with Crippen molar-refractivity contribution in [3.8, 4) is 102 Å². The molecule has 11 nitrogen and oxygen atoms in total. The summed E-state index contributed by atoms with van der Waals surface area (Å²) < 4.78 is 0. The minimum atomic E-state index is 0.700. The largest absolute Gasteiger partial charge is 0.233 e. The fraction of sp³-hybridized carbons (Fsp3) is 0.0822. The SMILES string of the molecule is Cc1cc(-c2ccccc2)nc(-c2ccccc2)n1.Cc1ccc(-c2nc(C)nc(-c3ccc(C)cc3)n2)cc1.Cc1nc(-c2ccccc2)nc(-c2ccc(-c3ccccc3)cc2)n1.Cc1nc(-c2ccccc2)nc(-c2ccccc2)n1. The van der Waals surface area contributed by atoms with Crippen molar-refractivity contribution in [2.75, 3.05) is 0 Å². The Kier molecular flexibility index (Phi) is 18.5. The molecule has 0 aliphatic heterocycles. The van der Waals surface area contributed by atoms with Crippen molar-refractivity contribution in [3.63, 3.8) is 0 Å². The van der Waals surface area contributed by atoms with Crippen molar-refractivity contribution < 1.29 is 0 Å². The third-order valence-electron chi connectivity index (χ3n) is 13.2. The fourth-order valence-electron chi connectivity index (χ4n) is 8.87. The highest BCUT2D eigenvalue weighted by molar-refractivity contribution is 5.69. The molecule has 0 bridgehead atoms. The zero-order valence-electron chi connectivity index (χ0n) is 47.7. The van der Waals surface area contributed by atoms with E-state index in [9.17, 15) is 0 Å². The van der Waals surface area contributed by atoms with Crippen molar-refractivity contribution in [3.05, 3.63) is 295 Å². The van der Waals surface area contributed by atoms with E-state index in [1.54, 1.807) is 0 Å². The van der Waals surface area contributed by atoms with Crippen LogP contribution in [0.4, 0.5) is 0 Å². The molecule has 0 spiro atoms. The lowest BCUT2D eigenvalue weighted by Gasteiger charge is -2.07. The van der Waals surface area contributed by atoms with Crippen LogP contribution in [0.25, 0.3) is 102 Å². The molecular formula is C73H61N11. The average Bonchev–Trinajstić information content (AvgIpc) is 3.71. The van der Waals surface area contributed by atoms with E-state index < -0.39 is 0 Å². The van der Waals surface area contributed by atoms with Crippen molar-refractivity contribution in [1.82, 2.24) is 54.8 Å². The molecule has 0 radical (unpaired) electrons. The number of nitrogens with zero attached hydrogens (tertiary/aromatic N) is 11. The summed E-state index contributed by atoms with van der Waals surface area (Å²) in [6, 6.07) is 87.3. The lowest BCUT2D eigenvalue weighted by Crippen LogP contribution is -1.99. The van der Waals surface area contributed by atoms with Gasteiger partial charge < -0.3 is 0 Å². The Hall–Kier alpha value is -10.9. The van der Waals surface area contributed by atoms with Crippen LogP contribution in [0.3, 0.4) is 0 Å². The number of hydrogen-bond acceptors (Lipinski definition) is 11. The Bertz CT molecular complexity index is 3890. The van der Waals surface area contributed by atoms with Gasteiger partial charge in [-0.15, -0.1) is 0 Å². The van der Waals surface area contributed by atoms with Crippen molar-refractivity contribution in [2.24, 2.45) is 0 Å². The number of benzene rings is 9. The first-order valence-electron chi connectivity index (χ1n) is 27.7. The van der Waals surface area contributed by atoms with E-state index >= 15 is 0 Å². The third kappa shape index (κ3) is 15.3. The van der Waals surface area contributed by atoms with Gasteiger partial charge in [0.2, 0.25) is 0 Å². The highest BCUT2D eigenvalue weighted by atomic mass is 15.0. The molecule has 408 valence electrons. The van der Waals surface area contributed by atoms with Crippen LogP contribution in [0.15, 0.2) is 261 Å². The minimum absolute atomic E-state index is 0.700. The van der Waals surface area contributed by atoms with Crippen LogP contribution in [0, 0.1) is 41.5 Å². The van der Waals surface area contributed by atoms with E-state index in [-0.39, 0.29) is 0 Å². The summed E-state index contributed by atoms with van der Waals surface area (Å²) in [5, 5.41) is 0. The summed E-state index contributed by atoms with van der Waals surface area (Å²) in [4.78, 5) is 49.7. The van der Waals surface area contributed by atoms with Crippen LogP contribution in [0.5, 0.6) is 0 Å². The number of hydrogen-bond donors (Lipinski definition) is 0. The standard InChI is InChI=1S/C22H17N3.C18H17N3.C17H14N2.C16H13N3/c1-16-23-21(19-10-6-3-7-11-19)25-22(24-16)20-14-12-18(13-15-20)17-8-4-2-5-9-17;1-12-4-8-15(9-5-12)17-19-14(3)20-18(21-17)16-10-6-13(2)7-11-16;1-13-12-16(14-8-4-2-5-9-14)19-17(18-13)15-10-6-3-7-11-15;1-12-17-15(13-8-4-2-5-9-13)19-16(18-12)14-10-6-3-7-11-14/h2-15H,1H3;4-11H,1-3H3;2-12H,1H3;2-11H,1H3. The molecule has 0 aliphatic carbocycles. The molecule has 0 saturated carbocycles. The summed E-state index contributed by atoms with van der Waals surface area (Å²) in [5.74, 6) is 7.23.